The highest BCUT2D eigenvalue weighted by Crippen LogP contribution is 2.18. The second kappa shape index (κ2) is 4.84. The number of nitrogens with zero attached hydrogens (tertiary/aromatic N) is 1. The van der Waals surface area contributed by atoms with Crippen LogP contribution in [0.25, 0.3) is 11.3 Å². The SMILES string of the molecule is CC(C)(C)NC(=O)c1cc(-c2ccc(F)cc2)n[nH]1. The van der Waals surface area contributed by atoms with Crippen LogP contribution >= 0.6 is 0 Å². The minimum absolute atomic E-state index is 0.214. The van der Waals surface area contributed by atoms with Crippen LogP contribution in [0.4, 0.5) is 4.39 Å². The molecular weight excluding hydrogens is 245 g/mol. The van der Waals surface area contributed by atoms with Crippen LogP contribution in [0.3, 0.4) is 0 Å². The quantitative estimate of drug-likeness (QED) is 0.873. The Labute approximate surface area is 111 Å². The van der Waals surface area contributed by atoms with E-state index in [1.807, 2.05) is 20.8 Å². The van der Waals surface area contributed by atoms with Gasteiger partial charge in [0.15, 0.2) is 0 Å². The molecule has 1 heterocycles. The summed E-state index contributed by atoms with van der Waals surface area (Å²) in [5.41, 5.74) is 1.44. The Morgan fingerprint density at radius 1 is 1.26 bits per heavy atom. The van der Waals surface area contributed by atoms with E-state index in [1.54, 1.807) is 18.2 Å². The van der Waals surface area contributed by atoms with Crippen LogP contribution < -0.4 is 5.32 Å². The molecule has 0 saturated heterocycles. The molecule has 1 amide bonds. The molecule has 4 nitrogen and oxygen atoms in total. The monoisotopic (exact) mass is 261 g/mol. The molecule has 2 N–H and O–H groups in total. The van der Waals surface area contributed by atoms with Gasteiger partial charge in [0.25, 0.3) is 5.91 Å². The van der Waals surface area contributed by atoms with Gasteiger partial charge in [0.2, 0.25) is 0 Å². The standard InChI is InChI=1S/C14H16FN3O/c1-14(2,3)16-13(19)12-8-11(17-18-12)9-4-6-10(15)7-5-9/h4-8H,1-3H3,(H,16,19)(H,17,18). The van der Waals surface area contributed by atoms with Gasteiger partial charge in [-0.15, -0.1) is 0 Å². The first-order chi connectivity index (χ1) is 8.85. The molecule has 1 aromatic heterocycles. The number of carbonyl (C=O) groups is 1. The van der Waals surface area contributed by atoms with Crippen molar-refractivity contribution in [2.45, 2.75) is 26.3 Å². The zero-order valence-corrected chi connectivity index (χ0v) is 11.1. The van der Waals surface area contributed by atoms with E-state index in [2.05, 4.69) is 15.5 Å². The van der Waals surface area contributed by atoms with Crippen molar-refractivity contribution in [3.05, 3.63) is 41.8 Å². The van der Waals surface area contributed by atoms with Gasteiger partial charge < -0.3 is 5.32 Å². The third-order valence-corrected chi connectivity index (χ3v) is 2.45. The van der Waals surface area contributed by atoms with Crippen LogP contribution in [-0.2, 0) is 0 Å². The summed E-state index contributed by atoms with van der Waals surface area (Å²) in [5, 5.41) is 9.58. The summed E-state index contributed by atoms with van der Waals surface area (Å²) < 4.78 is 12.8. The van der Waals surface area contributed by atoms with Gasteiger partial charge in [0, 0.05) is 11.1 Å². The number of hydrogen-bond donors (Lipinski definition) is 2. The Bertz CT molecular complexity index is 581. The van der Waals surface area contributed by atoms with Crippen molar-refractivity contribution in [3.8, 4) is 11.3 Å². The number of rotatable bonds is 2. The van der Waals surface area contributed by atoms with Crippen molar-refractivity contribution >= 4 is 5.91 Å². The molecule has 19 heavy (non-hydrogen) atoms. The maximum Gasteiger partial charge on any atom is 0.269 e. The van der Waals surface area contributed by atoms with Crippen molar-refractivity contribution in [2.75, 3.05) is 0 Å². The van der Waals surface area contributed by atoms with Gasteiger partial charge in [-0.3, -0.25) is 9.89 Å². The zero-order chi connectivity index (χ0) is 14.0. The van der Waals surface area contributed by atoms with Crippen LogP contribution in [0.2, 0.25) is 0 Å². The highest BCUT2D eigenvalue weighted by Gasteiger charge is 2.17. The summed E-state index contributed by atoms with van der Waals surface area (Å²) >= 11 is 0. The Morgan fingerprint density at radius 3 is 2.47 bits per heavy atom. The van der Waals surface area contributed by atoms with E-state index in [0.29, 0.717) is 11.4 Å². The Hall–Kier alpha value is -2.17. The van der Waals surface area contributed by atoms with E-state index in [1.165, 1.54) is 12.1 Å². The minimum Gasteiger partial charge on any atom is -0.346 e. The molecular formula is C14H16FN3O. The number of benzene rings is 1. The molecule has 5 heteroatoms. The molecule has 0 aliphatic heterocycles. The van der Waals surface area contributed by atoms with Crippen LogP contribution in [-0.4, -0.2) is 21.6 Å². The van der Waals surface area contributed by atoms with Gasteiger partial charge in [0.05, 0.1) is 5.69 Å². The second-order valence-corrected chi connectivity index (χ2v) is 5.38. The lowest BCUT2D eigenvalue weighted by molar-refractivity contribution is 0.0914. The number of aromatic nitrogens is 2. The van der Waals surface area contributed by atoms with Gasteiger partial charge in [-0.1, -0.05) is 0 Å². The molecule has 0 fully saturated rings. The van der Waals surface area contributed by atoms with E-state index in [9.17, 15) is 9.18 Å². The van der Waals surface area contributed by atoms with E-state index in [-0.39, 0.29) is 17.3 Å². The van der Waals surface area contributed by atoms with E-state index >= 15 is 0 Å². The van der Waals surface area contributed by atoms with Gasteiger partial charge in [-0.2, -0.15) is 5.10 Å². The van der Waals surface area contributed by atoms with Gasteiger partial charge >= 0.3 is 0 Å². The smallest absolute Gasteiger partial charge is 0.269 e. The fourth-order valence-corrected chi connectivity index (χ4v) is 1.61. The van der Waals surface area contributed by atoms with E-state index in [0.717, 1.165) is 5.56 Å². The topological polar surface area (TPSA) is 57.8 Å². The van der Waals surface area contributed by atoms with Crippen molar-refractivity contribution < 1.29 is 9.18 Å². The third kappa shape index (κ3) is 3.40. The summed E-state index contributed by atoms with van der Waals surface area (Å²) in [7, 11) is 0. The fraction of sp³-hybridized carbons (Fsp3) is 0.286. The molecule has 0 saturated carbocycles. The average molecular weight is 261 g/mol. The Kier molecular flexibility index (Phi) is 3.38. The van der Waals surface area contributed by atoms with Crippen LogP contribution in [0.5, 0.6) is 0 Å². The first-order valence-corrected chi connectivity index (χ1v) is 5.99. The summed E-state index contributed by atoms with van der Waals surface area (Å²) in [6.45, 7) is 5.71. The highest BCUT2D eigenvalue weighted by molar-refractivity contribution is 5.93. The minimum atomic E-state index is -0.307. The molecule has 100 valence electrons. The van der Waals surface area contributed by atoms with Crippen LogP contribution in [0.15, 0.2) is 30.3 Å². The Balaban J connectivity index is 2.19. The first-order valence-electron chi connectivity index (χ1n) is 5.99. The lowest BCUT2D eigenvalue weighted by atomic mass is 10.1. The van der Waals surface area contributed by atoms with Gasteiger partial charge in [0.1, 0.15) is 11.5 Å². The number of H-pyrrole nitrogens is 1. The normalized spacial score (nSPS) is 11.4. The predicted molar refractivity (Wildman–Crippen MR) is 71.2 cm³/mol. The summed E-state index contributed by atoms with van der Waals surface area (Å²) in [4.78, 5) is 11.9. The molecule has 0 unspecified atom stereocenters. The number of amides is 1. The summed E-state index contributed by atoms with van der Waals surface area (Å²) in [6.07, 6.45) is 0. The fourth-order valence-electron chi connectivity index (χ4n) is 1.61. The molecule has 1 aromatic carbocycles. The maximum atomic E-state index is 12.8. The van der Waals surface area contributed by atoms with Crippen LogP contribution in [0, 0.1) is 5.82 Å². The summed E-state index contributed by atoms with van der Waals surface area (Å²) in [5.74, 6) is -0.515. The van der Waals surface area contributed by atoms with Crippen molar-refractivity contribution in [1.29, 1.82) is 0 Å². The number of aromatic amines is 1. The number of halogens is 1. The maximum absolute atomic E-state index is 12.8. The zero-order valence-electron chi connectivity index (χ0n) is 11.1. The molecule has 0 radical (unpaired) electrons. The second-order valence-electron chi connectivity index (χ2n) is 5.38. The van der Waals surface area contributed by atoms with E-state index in [4.69, 9.17) is 0 Å². The van der Waals surface area contributed by atoms with Gasteiger partial charge in [-0.05, 0) is 51.1 Å². The van der Waals surface area contributed by atoms with E-state index < -0.39 is 0 Å². The summed E-state index contributed by atoms with van der Waals surface area (Å²) in [6, 6.07) is 7.61. The molecule has 0 bridgehead atoms. The number of carbonyl (C=O) groups excluding carboxylic acids is 1. The predicted octanol–water partition coefficient (Wildman–Crippen LogP) is 2.74. The molecule has 2 aromatic rings. The molecule has 0 aliphatic rings. The lowest BCUT2D eigenvalue weighted by Gasteiger charge is -2.19. The number of nitrogens with one attached hydrogen (secondary N) is 2. The van der Waals surface area contributed by atoms with Crippen molar-refractivity contribution in [3.63, 3.8) is 0 Å². The molecule has 0 spiro atoms. The van der Waals surface area contributed by atoms with Gasteiger partial charge in [-0.25, -0.2) is 4.39 Å². The largest absolute Gasteiger partial charge is 0.346 e. The van der Waals surface area contributed by atoms with Crippen molar-refractivity contribution in [2.24, 2.45) is 0 Å². The highest BCUT2D eigenvalue weighted by atomic mass is 19.1. The number of hydrogen-bond acceptors (Lipinski definition) is 2. The first kappa shape index (κ1) is 13.3. The average Bonchev–Trinajstić information content (AvgIpc) is 2.77. The molecule has 0 aliphatic carbocycles. The lowest BCUT2D eigenvalue weighted by Crippen LogP contribution is -2.40. The third-order valence-electron chi connectivity index (χ3n) is 2.45. The van der Waals surface area contributed by atoms with Crippen LogP contribution in [0.1, 0.15) is 31.3 Å². The molecule has 0 atom stereocenters. The molecule has 2 rings (SSSR count). The van der Waals surface area contributed by atoms with Crippen molar-refractivity contribution in [1.82, 2.24) is 15.5 Å². The Morgan fingerprint density at radius 2 is 1.89 bits per heavy atom.